The van der Waals surface area contributed by atoms with Crippen molar-refractivity contribution in [1.29, 1.82) is 0 Å². The van der Waals surface area contributed by atoms with Gasteiger partial charge in [0.1, 0.15) is 5.60 Å². The number of hydrogen-bond acceptors (Lipinski definition) is 3. The van der Waals surface area contributed by atoms with E-state index in [1.807, 2.05) is 45.0 Å². The Labute approximate surface area is 204 Å². The van der Waals surface area contributed by atoms with Crippen LogP contribution >= 0.6 is 0 Å². The van der Waals surface area contributed by atoms with E-state index in [0.717, 1.165) is 17.0 Å². The Morgan fingerprint density at radius 1 is 0.882 bits per heavy atom. The molecule has 0 unspecified atom stereocenters. The smallest absolute Gasteiger partial charge is 0.338 e. The second-order valence-electron chi connectivity index (χ2n) is 11.9. The van der Waals surface area contributed by atoms with E-state index in [1.54, 1.807) is 12.1 Å². The number of hydrogen-bond donors (Lipinski definition) is 1. The second kappa shape index (κ2) is 10.3. The summed E-state index contributed by atoms with van der Waals surface area (Å²) in [5.41, 5.74) is 3.30. The summed E-state index contributed by atoms with van der Waals surface area (Å²) >= 11 is 0. The summed E-state index contributed by atoms with van der Waals surface area (Å²) in [6, 6.07) is 15.3. The van der Waals surface area contributed by atoms with Gasteiger partial charge in [-0.3, -0.25) is 4.79 Å². The van der Waals surface area contributed by atoms with Gasteiger partial charge >= 0.3 is 11.9 Å². The summed E-state index contributed by atoms with van der Waals surface area (Å²) < 4.78 is 5.40. The molecule has 0 aromatic heterocycles. The van der Waals surface area contributed by atoms with Crippen molar-refractivity contribution in [2.75, 3.05) is 0 Å². The fraction of sp³-hybridized carbons (Fsp3) is 0.533. The van der Waals surface area contributed by atoms with Gasteiger partial charge in [0.15, 0.2) is 0 Å². The highest BCUT2D eigenvalue weighted by Crippen LogP contribution is 2.43. The van der Waals surface area contributed by atoms with E-state index in [9.17, 15) is 14.7 Å². The van der Waals surface area contributed by atoms with Gasteiger partial charge in [-0.05, 0) is 98.9 Å². The Morgan fingerprint density at radius 2 is 1.44 bits per heavy atom. The standard InChI is InChI=1S/C30H40O4/c1-29(2,3)25-17-15-22(16-18-25)21-11-13-23(14-12-21)26(27(31)32)19-20-7-9-24(10-8-20)28(33)34-30(4,5)6/h7-14,22,25-26H,15-19H2,1-6H3,(H,31,32)/t22-,25-,26-/m1/s1. The van der Waals surface area contributed by atoms with Crippen LogP contribution in [0.5, 0.6) is 0 Å². The van der Waals surface area contributed by atoms with E-state index in [-0.39, 0.29) is 5.97 Å². The van der Waals surface area contributed by atoms with E-state index in [1.165, 1.54) is 31.2 Å². The highest BCUT2D eigenvalue weighted by Gasteiger charge is 2.30. The van der Waals surface area contributed by atoms with Crippen LogP contribution in [0, 0.1) is 11.3 Å². The zero-order chi connectivity index (χ0) is 25.1. The van der Waals surface area contributed by atoms with Crippen LogP contribution in [0.15, 0.2) is 48.5 Å². The molecule has 1 N–H and O–H groups in total. The van der Waals surface area contributed by atoms with Gasteiger partial charge in [0, 0.05) is 0 Å². The number of esters is 1. The molecule has 2 aromatic carbocycles. The van der Waals surface area contributed by atoms with Crippen LogP contribution in [0.2, 0.25) is 0 Å². The number of benzene rings is 2. The maximum atomic E-state index is 12.2. The normalized spacial score (nSPS) is 19.9. The maximum absolute atomic E-state index is 12.2. The topological polar surface area (TPSA) is 63.6 Å². The first-order valence-electron chi connectivity index (χ1n) is 12.5. The van der Waals surface area contributed by atoms with Gasteiger partial charge in [-0.2, -0.15) is 0 Å². The lowest BCUT2D eigenvalue weighted by Gasteiger charge is -2.37. The molecule has 0 spiro atoms. The first-order valence-corrected chi connectivity index (χ1v) is 12.5. The fourth-order valence-corrected chi connectivity index (χ4v) is 4.99. The molecule has 0 aliphatic heterocycles. The molecule has 2 aromatic rings. The van der Waals surface area contributed by atoms with Gasteiger partial charge in [-0.15, -0.1) is 0 Å². The molecule has 4 heteroatoms. The number of ether oxygens (including phenoxy) is 1. The van der Waals surface area contributed by atoms with E-state index in [0.29, 0.717) is 23.3 Å². The molecule has 34 heavy (non-hydrogen) atoms. The van der Waals surface area contributed by atoms with Crippen molar-refractivity contribution in [3.05, 3.63) is 70.8 Å². The average Bonchev–Trinajstić information content (AvgIpc) is 2.76. The summed E-state index contributed by atoms with van der Waals surface area (Å²) in [5.74, 6) is -0.494. The van der Waals surface area contributed by atoms with E-state index >= 15 is 0 Å². The molecule has 0 radical (unpaired) electrons. The van der Waals surface area contributed by atoms with Crippen molar-refractivity contribution < 1.29 is 19.4 Å². The van der Waals surface area contributed by atoms with Crippen molar-refractivity contribution in [1.82, 2.24) is 0 Å². The Bertz CT molecular complexity index is 966. The lowest BCUT2D eigenvalue weighted by atomic mass is 9.68. The van der Waals surface area contributed by atoms with Crippen LogP contribution < -0.4 is 0 Å². The molecule has 0 saturated heterocycles. The Morgan fingerprint density at radius 3 is 1.91 bits per heavy atom. The predicted molar refractivity (Wildman–Crippen MR) is 136 cm³/mol. The number of carbonyl (C=O) groups is 2. The SMILES string of the molecule is CC(C)(C)OC(=O)c1ccc(C[C@@H](C(=O)O)c2ccc([C@H]3CC[C@H](C(C)(C)C)CC3)cc2)cc1. The highest BCUT2D eigenvalue weighted by molar-refractivity contribution is 5.89. The van der Waals surface area contributed by atoms with Crippen molar-refractivity contribution in [3.63, 3.8) is 0 Å². The molecule has 184 valence electrons. The third-order valence-corrected chi connectivity index (χ3v) is 7.09. The van der Waals surface area contributed by atoms with Crippen LogP contribution in [0.1, 0.15) is 106 Å². The van der Waals surface area contributed by atoms with Gasteiger partial charge in [0.25, 0.3) is 0 Å². The number of carboxylic acid groups (broad SMARTS) is 1. The third-order valence-electron chi connectivity index (χ3n) is 7.09. The monoisotopic (exact) mass is 464 g/mol. The molecule has 1 fully saturated rings. The van der Waals surface area contributed by atoms with Crippen LogP contribution in [0.3, 0.4) is 0 Å². The van der Waals surface area contributed by atoms with Crippen LogP contribution in [0.25, 0.3) is 0 Å². The molecule has 1 atom stereocenters. The minimum absolute atomic E-state index is 0.370. The molecule has 0 bridgehead atoms. The first-order chi connectivity index (χ1) is 15.8. The van der Waals surface area contributed by atoms with Crippen molar-refractivity contribution >= 4 is 11.9 Å². The van der Waals surface area contributed by atoms with Crippen molar-refractivity contribution in [2.45, 2.75) is 91.1 Å². The van der Waals surface area contributed by atoms with Crippen LogP contribution in [0.4, 0.5) is 0 Å². The molecule has 1 aliphatic rings. The number of carboxylic acids is 1. The average molecular weight is 465 g/mol. The molecule has 4 nitrogen and oxygen atoms in total. The van der Waals surface area contributed by atoms with Gasteiger partial charge in [0.05, 0.1) is 11.5 Å². The summed E-state index contributed by atoms with van der Waals surface area (Å²) in [6.45, 7) is 12.5. The van der Waals surface area contributed by atoms with E-state index < -0.39 is 17.5 Å². The van der Waals surface area contributed by atoms with Gasteiger partial charge in [0.2, 0.25) is 0 Å². The molecule has 1 saturated carbocycles. The summed E-state index contributed by atoms with van der Waals surface area (Å²) in [7, 11) is 0. The zero-order valence-corrected chi connectivity index (χ0v) is 21.6. The number of rotatable bonds is 6. The second-order valence-corrected chi connectivity index (χ2v) is 11.9. The molecule has 0 heterocycles. The van der Waals surface area contributed by atoms with Gasteiger partial charge in [-0.1, -0.05) is 57.2 Å². The van der Waals surface area contributed by atoms with Crippen molar-refractivity contribution in [2.24, 2.45) is 11.3 Å². The highest BCUT2D eigenvalue weighted by atomic mass is 16.6. The Balaban J connectivity index is 1.66. The Kier molecular flexibility index (Phi) is 7.90. The summed E-state index contributed by atoms with van der Waals surface area (Å²) in [6.07, 6.45) is 5.29. The number of aliphatic carboxylic acids is 1. The van der Waals surface area contributed by atoms with Gasteiger partial charge < -0.3 is 9.84 Å². The third kappa shape index (κ3) is 6.94. The zero-order valence-electron chi connectivity index (χ0n) is 21.6. The number of carbonyl (C=O) groups excluding carboxylic acids is 1. The largest absolute Gasteiger partial charge is 0.481 e. The lowest BCUT2D eigenvalue weighted by molar-refractivity contribution is -0.138. The predicted octanol–water partition coefficient (Wildman–Crippen LogP) is 7.37. The molecule has 0 amide bonds. The molecule has 3 rings (SSSR count). The first kappa shape index (κ1) is 26.0. The van der Waals surface area contributed by atoms with E-state index in [4.69, 9.17) is 4.74 Å². The lowest BCUT2D eigenvalue weighted by Crippen LogP contribution is -2.25. The maximum Gasteiger partial charge on any atom is 0.338 e. The van der Waals surface area contributed by atoms with Crippen LogP contribution in [-0.4, -0.2) is 22.6 Å². The molecule has 1 aliphatic carbocycles. The molecular formula is C30H40O4. The van der Waals surface area contributed by atoms with E-state index in [2.05, 4.69) is 32.9 Å². The quantitative estimate of drug-likeness (QED) is 0.453. The molecular weight excluding hydrogens is 424 g/mol. The summed E-state index contributed by atoms with van der Waals surface area (Å²) in [4.78, 5) is 24.3. The van der Waals surface area contributed by atoms with Crippen LogP contribution in [-0.2, 0) is 16.0 Å². The Hall–Kier alpha value is -2.62. The minimum Gasteiger partial charge on any atom is -0.481 e. The minimum atomic E-state index is -0.838. The van der Waals surface area contributed by atoms with Gasteiger partial charge in [-0.25, -0.2) is 4.79 Å². The van der Waals surface area contributed by atoms with Crippen molar-refractivity contribution in [3.8, 4) is 0 Å². The fourth-order valence-electron chi connectivity index (χ4n) is 4.99. The summed E-state index contributed by atoms with van der Waals surface area (Å²) in [5, 5.41) is 9.91.